The predicted molar refractivity (Wildman–Crippen MR) is 133 cm³/mol. The van der Waals surface area contributed by atoms with Crippen LogP contribution in [0.1, 0.15) is 16.7 Å². The van der Waals surface area contributed by atoms with E-state index in [0.717, 1.165) is 28.2 Å². The molecule has 0 bridgehead atoms. The van der Waals surface area contributed by atoms with Crippen LogP contribution in [0.3, 0.4) is 0 Å². The summed E-state index contributed by atoms with van der Waals surface area (Å²) in [5.74, 6) is 1.59. The number of halogens is 1. The first-order valence-corrected chi connectivity index (χ1v) is 11.8. The van der Waals surface area contributed by atoms with Crippen molar-refractivity contribution in [3.63, 3.8) is 0 Å². The van der Waals surface area contributed by atoms with Gasteiger partial charge in [-0.1, -0.05) is 78.0 Å². The minimum atomic E-state index is -0.263. The standard InChI is InChI=1S/C25H22ClNO3S2/c1-29-21-12-8-17(9-13-21)15-27-24(28)23(32-25(27)31)14-19-4-2-3-5-22(19)30-16-18-6-10-20(26)11-7-18/h2-13,23H,14-16H2,1H3/t23-/m0/s1. The van der Waals surface area contributed by atoms with Crippen molar-refractivity contribution >= 4 is 45.8 Å². The topological polar surface area (TPSA) is 38.8 Å². The van der Waals surface area contributed by atoms with E-state index in [1.54, 1.807) is 12.0 Å². The van der Waals surface area contributed by atoms with Gasteiger partial charge in [-0.25, -0.2) is 0 Å². The molecule has 164 valence electrons. The molecule has 1 amide bonds. The molecule has 4 rings (SSSR count). The minimum Gasteiger partial charge on any atom is -0.497 e. The van der Waals surface area contributed by atoms with E-state index in [1.807, 2.05) is 72.8 Å². The second kappa shape index (κ2) is 10.4. The number of ether oxygens (including phenoxy) is 2. The Kier molecular flexibility index (Phi) is 7.35. The summed E-state index contributed by atoms with van der Waals surface area (Å²) in [7, 11) is 1.63. The number of rotatable bonds is 8. The third kappa shape index (κ3) is 5.44. The number of para-hydroxylation sites is 1. The van der Waals surface area contributed by atoms with Crippen molar-refractivity contribution in [3.8, 4) is 11.5 Å². The maximum Gasteiger partial charge on any atom is 0.242 e. The second-order valence-corrected chi connectivity index (χ2v) is 9.64. The molecule has 1 saturated heterocycles. The fourth-order valence-electron chi connectivity index (χ4n) is 3.44. The summed E-state index contributed by atoms with van der Waals surface area (Å²) in [6.45, 7) is 0.891. The van der Waals surface area contributed by atoms with Crippen molar-refractivity contribution in [2.45, 2.75) is 24.8 Å². The van der Waals surface area contributed by atoms with Gasteiger partial charge in [0.25, 0.3) is 0 Å². The van der Waals surface area contributed by atoms with Gasteiger partial charge in [0.1, 0.15) is 22.4 Å². The van der Waals surface area contributed by atoms with Crippen LogP contribution in [0.2, 0.25) is 5.02 Å². The molecule has 7 heteroatoms. The zero-order valence-electron chi connectivity index (χ0n) is 17.5. The normalized spacial score (nSPS) is 15.8. The molecule has 1 aliphatic rings. The molecule has 0 saturated carbocycles. The van der Waals surface area contributed by atoms with Gasteiger partial charge in [0, 0.05) is 5.02 Å². The largest absolute Gasteiger partial charge is 0.497 e. The first kappa shape index (κ1) is 22.6. The van der Waals surface area contributed by atoms with Crippen molar-refractivity contribution in [2.75, 3.05) is 7.11 Å². The molecule has 3 aromatic rings. The van der Waals surface area contributed by atoms with Crippen LogP contribution >= 0.6 is 35.6 Å². The molecule has 3 aromatic carbocycles. The maximum atomic E-state index is 13.1. The first-order valence-electron chi connectivity index (χ1n) is 10.1. The molecular weight excluding hydrogens is 462 g/mol. The van der Waals surface area contributed by atoms with E-state index < -0.39 is 0 Å². The molecule has 1 atom stereocenters. The van der Waals surface area contributed by atoms with Crippen LogP contribution in [-0.4, -0.2) is 27.5 Å². The van der Waals surface area contributed by atoms with Gasteiger partial charge in [-0.2, -0.15) is 0 Å². The van der Waals surface area contributed by atoms with E-state index in [-0.39, 0.29) is 11.2 Å². The number of thiocarbonyl (C=S) groups is 1. The highest BCUT2D eigenvalue weighted by Crippen LogP contribution is 2.33. The summed E-state index contributed by atoms with van der Waals surface area (Å²) in [5, 5.41) is 0.433. The van der Waals surface area contributed by atoms with Crippen LogP contribution < -0.4 is 9.47 Å². The zero-order chi connectivity index (χ0) is 22.5. The molecule has 0 radical (unpaired) electrons. The summed E-state index contributed by atoms with van der Waals surface area (Å²) >= 11 is 12.9. The van der Waals surface area contributed by atoms with Crippen LogP contribution in [0, 0.1) is 0 Å². The lowest BCUT2D eigenvalue weighted by Crippen LogP contribution is -2.31. The lowest BCUT2D eigenvalue weighted by Gasteiger charge is -2.16. The second-order valence-electron chi connectivity index (χ2n) is 7.37. The van der Waals surface area contributed by atoms with Crippen LogP contribution in [0.25, 0.3) is 0 Å². The third-order valence-corrected chi connectivity index (χ3v) is 7.03. The third-order valence-electron chi connectivity index (χ3n) is 5.19. The molecular formula is C25H22ClNO3S2. The molecule has 1 fully saturated rings. The van der Waals surface area contributed by atoms with Crippen molar-refractivity contribution < 1.29 is 14.3 Å². The highest BCUT2D eigenvalue weighted by atomic mass is 35.5. The number of benzene rings is 3. The number of thioether (sulfide) groups is 1. The van der Waals surface area contributed by atoms with E-state index in [2.05, 4.69) is 0 Å². The average molecular weight is 484 g/mol. The fraction of sp³-hybridized carbons (Fsp3) is 0.200. The Hall–Kier alpha value is -2.54. The van der Waals surface area contributed by atoms with Crippen LogP contribution in [0.5, 0.6) is 11.5 Å². The van der Waals surface area contributed by atoms with Gasteiger partial charge >= 0.3 is 0 Å². The smallest absolute Gasteiger partial charge is 0.242 e. The summed E-state index contributed by atoms with van der Waals surface area (Å²) in [6, 6.07) is 23.1. The highest BCUT2D eigenvalue weighted by Gasteiger charge is 2.37. The van der Waals surface area contributed by atoms with E-state index in [4.69, 9.17) is 33.3 Å². The predicted octanol–water partition coefficient (Wildman–Crippen LogP) is 5.90. The molecule has 0 N–H and O–H groups in total. The Morgan fingerprint density at radius 1 is 1.00 bits per heavy atom. The summed E-state index contributed by atoms with van der Waals surface area (Å²) in [6.07, 6.45) is 0.555. The molecule has 0 unspecified atom stereocenters. The van der Waals surface area contributed by atoms with Crippen molar-refractivity contribution in [3.05, 3.63) is 94.5 Å². The number of carbonyl (C=O) groups excluding carboxylic acids is 1. The molecule has 1 aliphatic heterocycles. The zero-order valence-corrected chi connectivity index (χ0v) is 19.9. The van der Waals surface area contributed by atoms with E-state index in [0.29, 0.717) is 28.9 Å². The van der Waals surface area contributed by atoms with Crippen molar-refractivity contribution in [2.24, 2.45) is 0 Å². The number of carbonyl (C=O) groups is 1. The SMILES string of the molecule is COc1ccc(CN2C(=O)[C@H](Cc3ccccc3OCc3ccc(Cl)cc3)SC2=S)cc1. The Morgan fingerprint density at radius 3 is 2.41 bits per heavy atom. The number of hydrogen-bond acceptors (Lipinski definition) is 5. The van der Waals surface area contributed by atoms with Gasteiger partial charge in [0.15, 0.2) is 0 Å². The van der Waals surface area contributed by atoms with E-state index >= 15 is 0 Å². The highest BCUT2D eigenvalue weighted by molar-refractivity contribution is 8.24. The molecule has 1 heterocycles. The van der Waals surface area contributed by atoms with Crippen molar-refractivity contribution in [1.82, 2.24) is 4.90 Å². The molecule has 0 aromatic heterocycles. The monoisotopic (exact) mass is 483 g/mol. The van der Waals surface area contributed by atoms with Crippen LogP contribution in [-0.2, 0) is 24.4 Å². The Morgan fingerprint density at radius 2 is 1.69 bits per heavy atom. The van der Waals surface area contributed by atoms with Gasteiger partial charge < -0.3 is 9.47 Å². The van der Waals surface area contributed by atoms with Crippen LogP contribution in [0.15, 0.2) is 72.8 Å². The van der Waals surface area contributed by atoms with Gasteiger partial charge in [-0.15, -0.1) is 0 Å². The van der Waals surface area contributed by atoms with Gasteiger partial charge in [-0.3, -0.25) is 9.69 Å². The summed E-state index contributed by atoms with van der Waals surface area (Å²) < 4.78 is 11.9. The molecule has 0 aliphatic carbocycles. The van der Waals surface area contributed by atoms with E-state index in [1.165, 1.54) is 11.8 Å². The van der Waals surface area contributed by atoms with E-state index in [9.17, 15) is 4.79 Å². The van der Waals surface area contributed by atoms with Crippen LogP contribution in [0.4, 0.5) is 0 Å². The summed E-state index contributed by atoms with van der Waals surface area (Å²) in [5.41, 5.74) is 3.03. The van der Waals surface area contributed by atoms with Crippen molar-refractivity contribution in [1.29, 1.82) is 0 Å². The fourth-order valence-corrected chi connectivity index (χ4v) is 5.08. The molecule has 4 nitrogen and oxygen atoms in total. The number of hydrogen-bond donors (Lipinski definition) is 0. The molecule has 0 spiro atoms. The Balaban J connectivity index is 1.42. The average Bonchev–Trinajstić information content (AvgIpc) is 3.07. The lowest BCUT2D eigenvalue weighted by atomic mass is 10.1. The number of methoxy groups -OCH3 is 1. The van der Waals surface area contributed by atoms with Gasteiger partial charge in [0.2, 0.25) is 5.91 Å². The van der Waals surface area contributed by atoms with Gasteiger partial charge in [-0.05, 0) is 53.4 Å². The quantitative estimate of drug-likeness (QED) is 0.373. The lowest BCUT2D eigenvalue weighted by molar-refractivity contribution is -0.126. The molecule has 32 heavy (non-hydrogen) atoms. The Labute approximate surface area is 202 Å². The number of nitrogens with zero attached hydrogens (tertiary/aromatic N) is 1. The maximum absolute atomic E-state index is 13.1. The summed E-state index contributed by atoms with van der Waals surface area (Å²) in [4.78, 5) is 14.8. The first-order chi connectivity index (χ1) is 15.5. The number of amides is 1. The minimum absolute atomic E-state index is 0.0309. The Bertz CT molecular complexity index is 1100. The van der Waals surface area contributed by atoms with Gasteiger partial charge in [0.05, 0.1) is 18.9 Å².